The Bertz CT molecular complexity index is 662. The van der Waals surface area contributed by atoms with Gasteiger partial charge in [-0.15, -0.1) is 11.3 Å². The summed E-state index contributed by atoms with van der Waals surface area (Å²) in [6, 6.07) is 1.95. The summed E-state index contributed by atoms with van der Waals surface area (Å²) >= 11 is 1.52. The number of hydrogen-bond acceptors (Lipinski definition) is 4. The summed E-state index contributed by atoms with van der Waals surface area (Å²) in [4.78, 5) is 25.9. The van der Waals surface area contributed by atoms with Crippen LogP contribution in [0.4, 0.5) is 0 Å². The molecule has 0 bridgehead atoms. The van der Waals surface area contributed by atoms with Gasteiger partial charge in [0.25, 0.3) is 5.91 Å². The number of amides is 1. The number of allylic oxidation sites excluding steroid dienone is 1. The first-order valence-corrected chi connectivity index (χ1v) is 10.2. The van der Waals surface area contributed by atoms with Crippen molar-refractivity contribution >= 4 is 23.2 Å². The summed E-state index contributed by atoms with van der Waals surface area (Å²) in [7, 11) is 0. The zero-order chi connectivity index (χ0) is 17.6. The third-order valence-electron chi connectivity index (χ3n) is 5.02. The predicted octanol–water partition coefficient (Wildman–Crippen LogP) is 4.04. The number of carbonyl (C=O) groups excluding carboxylic acids is 2. The normalized spacial score (nSPS) is 19.7. The predicted molar refractivity (Wildman–Crippen MR) is 100.0 cm³/mol. The highest BCUT2D eigenvalue weighted by atomic mass is 32.1. The molecule has 0 spiro atoms. The lowest BCUT2D eigenvalue weighted by molar-refractivity contribution is -0.124. The third kappa shape index (κ3) is 5.18. The third-order valence-corrected chi connectivity index (χ3v) is 6.24. The zero-order valence-electron chi connectivity index (χ0n) is 14.9. The number of rotatable bonds is 6. The summed E-state index contributed by atoms with van der Waals surface area (Å²) in [6.45, 7) is 2.66. The van der Waals surface area contributed by atoms with Crippen LogP contribution in [0, 0.1) is 5.92 Å². The van der Waals surface area contributed by atoms with E-state index in [-0.39, 0.29) is 18.5 Å². The first-order chi connectivity index (χ1) is 12.1. The van der Waals surface area contributed by atoms with Gasteiger partial charge < -0.3 is 10.1 Å². The molecule has 1 aromatic heterocycles. The Morgan fingerprint density at radius 3 is 3.00 bits per heavy atom. The second-order valence-corrected chi connectivity index (χ2v) is 8.33. The van der Waals surface area contributed by atoms with Crippen LogP contribution in [0.15, 0.2) is 17.7 Å². The minimum atomic E-state index is -0.378. The number of ether oxygens (including phenoxy) is 1. The van der Waals surface area contributed by atoms with Crippen LogP contribution in [-0.2, 0) is 22.4 Å². The lowest BCUT2D eigenvalue weighted by Gasteiger charge is -2.16. The van der Waals surface area contributed by atoms with Gasteiger partial charge in [0.2, 0.25) is 0 Å². The molecule has 1 atom stereocenters. The van der Waals surface area contributed by atoms with E-state index in [4.69, 9.17) is 4.74 Å². The highest BCUT2D eigenvalue weighted by Crippen LogP contribution is 2.32. The summed E-state index contributed by atoms with van der Waals surface area (Å²) in [5.41, 5.74) is 2.71. The van der Waals surface area contributed by atoms with E-state index in [1.54, 1.807) is 0 Å². The van der Waals surface area contributed by atoms with Crippen molar-refractivity contribution in [1.29, 1.82) is 0 Å². The molecule has 136 valence electrons. The van der Waals surface area contributed by atoms with Crippen molar-refractivity contribution in [1.82, 2.24) is 5.32 Å². The van der Waals surface area contributed by atoms with E-state index in [2.05, 4.69) is 18.3 Å². The first kappa shape index (κ1) is 18.2. The Hall–Kier alpha value is -1.62. The van der Waals surface area contributed by atoms with Crippen LogP contribution < -0.4 is 5.32 Å². The van der Waals surface area contributed by atoms with Gasteiger partial charge in [-0.1, -0.05) is 18.6 Å². The largest absolute Gasteiger partial charge is 0.451 e. The number of hydrogen-bond donors (Lipinski definition) is 1. The zero-order valence-corrected chi connectivity index (χ0v) is 15.8. The summed E-state index contributed by atoms with van der Waals surface area (Å²) in [6.07, 6.45) is 11.3. The molecule has 2 aliphatic rings. The molecule has 25 heavy (non-hydrogen) atoms. The van der Waals surface area contributed by atoms with Crippen LogP contribution in [0.1, 0.15) is 65.6 Å². The minimum absolute atomic E-state index is 0.198. The van der Waals surface area contributed by atoms with Gasteiger partial charge in [-0.25, -0.2) is 4.79 Å². The van der Waals surface area contributed by atoms with Crippen LogP contribution in [0.5, 0.6) is 0 Å². The number of thiophene rings is 1. The van der Waals surface area contributed by atoms with Crippen LogP contribution in [0.3, 0.4) is 0 Å². The fourth-order valence-electron chi connectivity index (χ4n) is 3.55. The molecule has 1 aromatic rings. The van der Waals surface area contributed by atoms with Gasteiger partial charge in [0.1, 0.15) is 4.88 Å². The molecule has 0 aliphatic heterocycles. The second kappa shape index (κ2) is 8.65. The van der Waals surface area contributed by atoms with E-state index in [1.807, 2.05) is 6.07 Å². The average molecular weight is 362 g/mol. The molecule has 0 aromatic carbocycles. The Morgan fingerprint density at radius 2 is 2.20 bits per heavy atom. The van der Waals surface area contributed by atoms with Crippen LogP contribution >= 0.6 is 11.3 Å². The SMILES string of the molecule is C[C@@H]1CCc2sc(C(=O)OCC(=O)NCCC3=CCCCC3)cc2C1. The fourth-order valence-corrected chi connectivity index (χ4v) is 4.66. The van der Waals surface area contributed by atoms with Crippen molar-refractivity contribution in [3.05, 3.63) is 33.0 Å². The summed E-state index contributed by atoms with van der Waals surface area (Å²) in [5, 5.41) is 2.84. The molecule has 1 amide bonds. The lowest BCUT2D eigenvalue weighted by Crippen LogP contribution is -2.29. The monoisotopic (exact) mass is 361 g/mol. The quantitative estimate of drug-likeness (QED) is 0.615. The van der Waals surface area contributed by atoms with Gasteiger partial charge in [0.05, 0.1) is 0 Å². The van der Waals surface area contributed by atoms with Crippen LogP contribution in [0.2, 0.25) is 0 Å². The highest BCUT2D eigenvalue weighted by molar-refractivity contribution is 7.14. The van der Waals surface area contributed by atoms with E-state index in [0.29, 0.717) is 17.3 Å². The summed E-state index contributed by atoms with van der Waals surface area (Å²) in [5.74, 6) is 0.0768. The second-order valence-electron chi connectivity index (χ2n) is 7.19. The van der Waals surface area contributed by atoms with E-state index in [1.165, 1.54) is 46.6 Å². The van der Waals surface area contributed by atoms with E-state index in [9.17, 15) is 9.59 Å². The van der Waals surface area contributed by atoms with Gasteiger partial charge in [0.15, 0.2) is 6.61 Å². The van der Waals surface area contributed by atoms with Crippen molar-refractivity contribution in [2.45, 2.75) is 58.3 Å². The molecule has 1 N–H and O–H groups in total. The van der Waals surface area contributed by atoms with Gasteiger partial charge >= 0.3 is 5.97 Å². The van der Waals surface area contributed by atoms with E-state index >= 15 is 0 Å². The first-order valence-electron chi connectivity index (χ1n) is 9.35. The Labute approximate surface area is 153 Å². The molecule has 0 unspecified atom stereocenters. The molecule has 0 fully saturated rings. The molecule has 0 radical (unpaired) electrons. The van der Waals surface area contributed by atoms with Crippen molar-refractivity contribution in [2.24, 2.45) is 5.92 Å². The van der Waals surface area contributed by atoms with Crippen molar-refractivity contribution in [3.63, 3.8) is 0 Å². The Morgan fingerprint density at radius 1 is 1.32 bits per heavy atom. The maximum absolute atomic E-state index is 12.2. The number of carbonyl (C=O) groups is 2. The van der Waals surface area contributed by atoms with Crippen LogP contribution in [-0.4, -0.2) is 25.0 Å². The fraction of sp³-hybridized carbons (Fsp3) is 0.600. The number of fused-ring (bicyclic) bond motifs is 1. The smallest absolute Gasteiger partial charge is 0.348 e. The van der Waals surface area contributed by atoms with Gasteiger partial charge in [-0.05, 0) is 68.9 Å². The molecular formula is C20H27NO3S. The van der Waals surface area contributed by atoms with E-state index < -0.39 is 0 Å². The van der Waals surface area contributed by atoms with Gasteiger partial charge in [-0.3, -0.25) is 4.79 Å². The maximum Gasteiger partial charge on any atom is 0.348 e. The Kier molecular flexibility index (Phi) is 6.29. The average Bonchev–Trinajstić information content (AvgIpc) is 3.04. The molecule has 0 saturated heterocycles. The van der Waals surface area contributed by atoms with E-state index in [0.717, 1.165) is 32.1 Å². The van der Waals surface area contributed by atoms with Crippen molar-refractivity contribution in [2.75, 3.05) is 13.2 Å². The molecular weight excluding hydrogens is 334 g/mol. The molecule has 2 aliphatic carbocycles. The molecule has 3 rings (SSSR count). The number of nitrogens with one attached hydrogen (secondary N) is 1. The van der Waals surface area contributed by atoms with Gasteiger partial charge in [-0.2, -0.15) is 0 Å². The van der Waals surface area contributed by atoms with Crippen molar-refractivity contribution in [3.8, 4) is 0 Å². The maximum atomic E-state index is 12.2. The minimum Gasteiger partial charge on any atom is -0.451 e. The van der Waals surface area contributed by atoms with Crippen molar-refractivity contribution < 1.29 is 14.3 Å². The van der Waals surface area contributed by atoms with Crippen LogP contribution in [0.25, 0.3) is 0 Å². The topological polar surface area (TPSA) is 55.4 Å². The molecule has 0 saturated carbocycles. The molecule has 1 heterocycles. The number of aryl methyl sites for hydroxylation is 1. The standard InChI is InChI=1S/C20H27NO3S/c1-14-7-8-17-16(11-14)12-18(25-17)20(23)24-13-19(22)21-10-9-15-5-3-2-4-6-15/h5,12,14H,2-4,6-11,13H2,1H3,(H,21,22)/t14-/m1/s1. The number of esters is 1. The molecule has 4 nitrogen and oxygen atoms in total. The lowest BCUT2D eigenvalue weighted by atomic mass is 9.90. The highest BCUT2D eigenvalue weighted by Gasteiger charge is 2.21. The molecule has 5 heteroatoms. The van der Waals surface area contributed by atoms with Gasteiger partial charge in [0, 0.05) is 11.4 Å². The Balaban J connectivity index is 1.39. The summed E-state index contributed by atoms with van der Waals surface area (Å²) < 4.78 is 5.18.